The molecule has 2 aromatic rings. The molecule has 0 spiro atoms. The van der Waals surface area contributed by atoms with Crippen LogP contribution in [0, 0.1) is 11.2 Å². The lowest BCUT2D eigenvalue weighted by molar-refractivity contribution is -0.118. The number of rotatable bonds is 5. The van der Waals surface area contributed by atoms with Gasteiger partial charge in [0.1, 0.15) is 29.6 Å². The first kappa shape index (κ1) is 24.5. The Morgan fingerprint density at radius 1 is 1.15 bits per heavy atom. The zero-order valence-corrected chi connectivity index (χ0v) is 19.9. The van der Waals surface area contributed by atoms with E-state index in [1.54, 1.807) is 40.7 Å². The highest BCUT2D eigenvalue weighted by molar-refractivity contribution is 7.92. The lowest BCUT2D eigenvalue weighted by Gasteiger charge is -2.40. The fourth-order valence-corrected chi connectivity index (χ4v) is 4.64. The van der Waals surface area contributed by atoms with Crippen LogP contribution in [0.2, 0.25) is 0 Å². The minimum absolute atomic E-state index is 0.120. The van der Waals surface area contributed by atoms with E-state index < -0.39 is 39.1 Å². The molecule has 1 aliphatic rings. The molecule has 0 fully saturated rings. The van der Waals surface area contributed by atoms with E-state index in [1.807, 2.05) is 0 Å². The van der Waals surface area contributed by atoms with Crippen LogP contribution in [-0.2, 0) is 19.6 Å². The van der Waals surface area contributed by atoms with Gasteiger partial charge in [-0.2, -0.15) is 0 Å². The van der Waals surface area contributed by atoms with Crippen molar-refractivity contribution in [2.75, 3.05) is 16.2 Å². The highest BCUT2D eigenvalue weighted by Gasteiger charge is 2.41. The van der Waals surface area contributed by atoms with Crippen molar-refractivity contribution < 1.29 is 31.9 Å². The third-order valence-electron chi connectivity index (χ3n) is 5.01. The first-order valence-electron chi connectivity index (χ1n) is 10.3. The number of amides is 1. The molecule has 1 heterocycles. The smallest absolute Gasteiger partial charge is 0.412 e. The Morgan fingerprint density at radius 3 is 2.36 bits per heavy atom. The molecule has 0 aromatic heterocycles. The minimum Gasteiger partial charge on any atom is -0.485 e. The molecule has 10 heteroatoms. The number of carbonyl (C=O) groups excluding carboxylic acids is 2. The van der Waals surface area contributed by atoms with E-state index >= 15 is 0 Å². The van der Waals surface area contributed by atoms with E-state index in [2.05, 4.69) is 5.32 Å². The summed E-state index contributed by atoms with van der Waals surface area (Å²) in [5, 5.41) is 2.58. The number of anilines is 2. The molecule has 1 atom stereocenters. The Morgan fingerprint density at radius 2 is 1.79 bits per heavy atom. The Bertz CT molecular complexity index is 1160. The molecule has 0 bridgehead atoms. The monoisotopic (exact) mass is 478 g/mol. The number of hydrogen-bond donors (Lipinski definition) is 1. The summed E-state index contributed by atoms with van der Waals surface area (Å²) < 4.78 is 52.7. The lowest BCUT2D eigenvalue weighted by Crippen LogP contribution is -2.50. The van der Waals surface area contributed by atoms with Gasteiger partial charge in [0.05, 0.1) is 22.5 Å². The highest BCUT2D eigenvalue weighted by atomic mass is 32.2. The largest absolute Gasteiger partial charge is 0.485 e. The van der Waals surface area contributed by atoms with Crippen LogP contribution in [0.1, 0.15) is 34.6 Å². The van der Waals surface area contributed by atoms with Crippen molar-refractivity contribution >= 4 is 33.8 Å². The van der Waals surface area contributed by atoms with Crippen LogP contribution >= 0.6 is 0 Å². The number of benzene rings is 2. The number of aldehydes is 1. The van der Waals surface area contributed by atoms with Crippen molar-refractivity contribution in [3.8, 4) is 5.75 Å². The van der Waals surface area contributed by atoms with Crippen LogP contribution < -0.4 is 14.4 Å². The highest BCUT2D eigenvalue weighted by Crippen LogP contribution is 2.41. The quantitative estimate of drug-likeness (QED) is 0.641. The molecule has 0 radical (unpaired) electrons. The summed E-state index contributed by atoms with van der Waals surface area (Å²) in [6.45, 7) is 8.31. The summed E-state index contributed by atoms with van der Waals surface area (Å²) in [6.07, 6.45) is -0.765. The van der Waals surface area contributed by atoms with Crippen molar-refractivity contribution in [1.29, 1.82) is 0 Å². The molecule has 1 unspecified atom stereocenters. The molecular formula is C23H27FN2O6S. The summed E-state index contributed by atoms with van der Waals surface area (Å²) in [7, 11) is -4.14. The van der Waals surface area contributed by atoms with Crippen LogP contribution in [0.3, 0.4) is 0 Å². The molecule has 1 amide bonds. The molecular weight excluding hydrogens is 451 g/mol. The van der Waals surface area contributed by atoms with Gasteiger partial charge in [-0.3, -0.25) is 9.62 Å². The maximum Gasteiger partial charge on any atom is 0.412 e. The summed E-state index contributed by atoms with van der Waals surface area (Å²) in [5.74, 6) is -0.346. The normalized spacial score (nSPS) is 16.4. The van der Waals surface area contributed by atoms with Crippen molar-refractivity contribution in [3.05, 3.63) is 48.3 Å². The predicted octanol–water partition coefficient (Wildman–Crippen LogP) is 4.35. The van der Waals surface area contributed by atoms with Gasteiger partial charge in [-0.15, -0.1) is 0 Å². The molecule has 8 nitrogen and oxygen atoms in total. The molecule has 0 aliphatic carbocycles. The lowest BCUT2D eigenvalue weighted by atomic mass is 9.87. The van der Waals surface area contributed by atoms with E-state index in [4.69, 9.17) is 9.47 Å². The van der Waals surface area contributed by atoms with Gasteiger partial charge in [-0.1, -0.05) is 0 Å². The number of ether oxygens (including phenoxy) is 2. The van der Waals surface area contributed by atoms with E-state index in [0.717, 1.165) is 16.4 Å². The van der Waals surface area contributed by atoms with Crippen molar-refractivity contribution in [1.82, 2.24) is 0 Å². The van der Waals surface area contributed by atoms with Crippen molar-refractivity contribution in [3.63, 3.8) is 0 Å². The summed E-state index contributed by atoms with van der Waals surface area (Å²) >= 11 is 0. The average molecular weight is 479 g/mol. The first-order valence-corrected chi connectivity index (χ1v) is 11.7. The number of fused-ring (bicyclic) bond motifs is 1. The van der Waals surface area contributed by atoms with Crippen LogP contribution in [0.5, 0.6) is 5.75 Å². The predicted molar refractivity (Wildman–Crippen MR) is 121 cm³/mol. The Hall–Kier alpha value is -3.14. The second-order valence-corrected chi connectivity index (χ2v) is 11.2. The molecule has 2 aromatic carbocycles. The number of nitrogens with zero attached hydrogens (tertiary/aromatic N) is 1. The van der Waals surface area contributed by atoms with Crippen molar-refractivity contribution in [2.45, 2.75) is 51.2 Å². The second-order valence-electron chi connectivity index (χ2n) is 9.35. The van der Waals surface area contributed by atoms with E-state index in [9.17, 15) is 22.4 Å². The number of sulfonamides is 1. The fraction of sp³-hybridized carbons (Fsp3) is 0.391. The van der Waals surface area contributed by atoms with Gasteiger partial charge in [-0.25, -0.2) is 17.6 Å². The summed E-state index contributed by atoms with van der Waals surface area (Å²) in [6, 6.07) is 8.96. The third kappa shape index (κ3) is 5.44. The van der Waals surface area contributed by atoms with Gasteiger partial charge < -0.3 is 14.3 Å². The Balaban J connectivity index is 2.05. The number of halogens is 1. The Labute approximate surface area is 192 Å². The third-order valence-corrected chi connectivity index (χ3v) is 6.80. The van der Waals surface area contributed by atoms with Crippen LogP contribution in [0.4, 0.5) is 20.6 Å². The van der Waals surface area contributed by atoms with Gasteiger partial charge in [-0.05, 0) is 77.1 Å². The molecule has 1 N–H and O–H groups in total. The molecule has 1 aliphatic heterocycles. The van der Waals surface area contributed by atoms with Gasteiger partial charge in [0.15, 0.2) is 0 Å². The standard InChI is InChI=1S/C23H27FN2O6S/c1-22(2,3)32-21(28)25-16-8-11-19-18(12-16)26(13-20(31-19)23(4,5)14-27)33(29,30)17-9-6-15(24)7-10-17/h6-12,14,20H,13H2,1-5H3,(H,25,28). The summed E-state index contributed by atoms with van der Waals surface area (Å²) in [4.78, 5) is 23.7. The minimum atomic E-state index is -4.14. The SMILES string of the molecule is CC(C)(C)OC(=O)Nc1ccc2c(c1)N(S(=O)(=O)c1ccc(F)cc1)CC(C(C)(C)C=O)O2. The summed E-state index contributed by atoms with van der Waals surface area (Å²) in [5.41, 5.74) is -1.24. The number of nitrogens with one attached hydrogen (secondary N) is 1. The Kier molecular flexibility index (Phi) is 6.43. The van der Waals surface area contributed by atoms with Gasteiger partial charge >= 0.3 is 6.09 Å². The zero-order valence-electron chi connectivity index (χ0n) is 19.1. The van der Waals surface area contributed by atoms with Gasteiger partial charge in [0.2, 0.25) is 0 Å². The molecule has 178 valence electrons. The fourth-order valence-electron chi connectivity index (χ4n) is 3.18. The maximum absolute atomic E-state index is 13.5. The number of carbonyl (C=O) groups is 2. The maximum atomic E-state index is 13.5. The second kappa shape index (κ2) is 8.66. The zero-order chi connectivity index (χ0) is 24.6. The van der Waals surface area contributed by atoms with Crippen LogP contribution in [0.25, 0.3) is 0 Å². The molecule has 0 saturated carbocycles. The van der Waals surface area contributed by atoms with Gasteiger partial charge in [0, 0.05) is 5.69 Å². The van der Waals surface area contributed by atoms with Crippen LogP contribution in [0.15, 0.2) is 47.4 Å². The first-order chi connectivity index (χ1) is 15.2. The molecule has 33 heavy (non-hydrogen) atoms. The van der Waals surface area contributed by atoms with E-state index in [-0.39, 0.29) is 22.9 Å². The molecule has 3 rings (SSSR count). The topological polar surface area (TPSA) is 102 Å². The van der Waals surface area contributed by atoms with Gasteiger partial charge in [0.25, 0.3) is 10.0 Å². The van der Waals surface area contributed by atoms with Crippen LogP contribution in [-0.4, -0.2) is 39.0 Å². The average Bonchev–Trinajstić information content (AvgIpc) is 2.71. The van der Waals surface area contributed by atoms with E-state index in [0.29, 0.717) is 12.0 Å². The number of hydrogen-bond acceptors (Lipinski definition) is 6. The molecule has 0 saturated heterocycles. The van der Waals surface area contributed by atoms with E-state index in [1.165, 1.54) is 24.3 Å². The van der Waals surface area contributed by atoms with Crippen molar-refractivity contribution in [2.24, 2.45) is 5.41 Å².